The van der Waals surface area contributed by atoms with Crippen molar-refractivity contribution in [3.63, 3.8) is 0 Å². The summed E-state index contributed by atoms with van der Waals surface area (Å²) < 4.78 is 15.5. The van der Waals surface area contributed by atoms with E-state index in [1.807, 2.05) is 25.1 Å². The van der Waals surface area contributed by atoms with Crippen LogP contribution in [0.3, 0.4) is 0 Å². The van der Waals surface area contributed by atoms with E-state index in [0.717, 1.165) is 21.5 Å². The van der Waals surface area contributed by atoms with Crippen LogP contribution in [0.4, 0.5) is 0 Å². The van der Waals surface area contributed by atoms with Crippen molar-refractivity contribution in [3.05, 3.63) is 23.9 Å². The number of pyridine rings is 1. The molecular weight excluding hydrogens is 290 g/mol. The Bertz CT molecular complexity index is 672. The fraction of sp³-hybridized carbons (Fsp3) is 0.333. The number of carbonyl (C=O) groups is 1. The van der Waals surface area contributed by atoms with E-state index in [4.69, 9.17) is 9.47 Å². The lowest BCUT2D eigenvalue weighted by Crippen LogP contribution is -2.03. The number of benzene rings is 1. The number of carbonyl (C=O) groups excluding carboxylic acids is 1. The van der Waals surface area contributed by atoms with E-state index >= 15 is 0 Å². The highest BCUT2D eigenvalue weighted by molar-refractivity contribution is 8.00. The standard InChI is InChI=1S/C15H17NO4S/c1-9-7-12(21-8-13(17)20-4)14-10(18-2)5-6-11(19-3)15(14)16-9/h5-7H,8H2,1-4H3. The van der Waals surface area contributed by atoms with E-state index in [1.165, 1.54) is 18.9 Å². The molecule has 0 aliphatic rings. The molecule has 2 aromatic rings. The number of aryl methyl sites for hydroxylation is 1. The van der Waals surface area contributed by atoms with Crippen LogP contribution in [0, 0.1) is 6.92 Å². The number of ether oxygens (including phenoxy) is 3. The SMILES string of the molecule is COC(=O)CSc1cc(C)nc2c(OC)ccc(OC)c12. The van der Waals surface area contributed by atoms with Gasteiger partial charge in [0.15, 0.2) is 0 Å². The van der Waals surface area contributed by atoms with Gasteiger partial charge >= 0.3 is 5.97 Å². The number of fused-ring (bicyclic) bond motifs is 1. The van der Waals surface area contributed by atoms with Crippen molar-refractivity contribution in [1.82, 2.24) is 4.98 Å². The lowest BCUT2D eigenvalue weighted by molar-refractivity contribution is -0.137. The summed E-state index contributed by atoms with van der Waals surface area (Å²) in [5.41, 5.74) is 1.57. The first-order chi connectivity index (χ1) is 10.1. The van der Waals surface area contributed by atoms with E-state index in [0.29, 0.717) is 11.5 Å². The Labute approximate surface area is 127 Å². The number of nitrogens with zero attached hydrogens (tertiary/aromatic N) is 1. The molecule has 0 saturated carbocycles. The van der Waals surface area contributed by atoms with Gasteiger partial charge in [0.2, 0.25) is 0 Å². The van der Waals surface area contributed by atoms with Gasteiger partial charge < -0.3 is 14.2 Å². The number of aromatic nitrogens is 1. The lowest BCUT2D eigenvalue weighted by atomic mass is 10.1. The van der Waals surface area contributed by atoms with Crippen molar-refractivity contribution in [1.29, 1.82) is 0 Å². The molecule has 0 spiro atoms. The number of rotatable bonds is 5. The monoisotopic (exact) mass is 307 g/mol. The molecule has 0 amide bonds. The summed E-state index contributed by atoms with van der Waals surface area (Å²) in [6.07, 6.45) is 0. The van der Waals surface area contributed by atoms with Crippen molar-refractivity contribution in [2.45, 2.75) is 11.8 Å². The summed E-state index contributed by atoms with van der Waals surface area (Å²) >= 11 is 1.40. The lowest BCUT2D eigenvalue weighted by Gasteiger charge is -2.13. The molecule has 0 atom stereocenters. The van der Waals surface area contributed by atoms with Gasteiger partial charge in [0, 0.05) is 10.6 Å². The Hall–Kier alpha value is -1.95. The number of hydrogen-bond donors (Lipinski definition) is 0. The summed E-state index contributed by atoms with van der Waals surface area (Å²) in [5, 5.41) is 0.844. The molecule has 1 aromatic carbocycles. The Balaban J connectivity index is 2.59. The van der Waals surface area contributed by atoms with Crippen LogP contribution in [0.5, 0.6) is 11.5 Å². The topological polar surface area (TPSA) is 57.7 Å². The van der Waals surface area contributed by atoms with Gasteiger partial charge in [-0.05, 0) is 25.1 Å². The minimum absolute atomic E-state index is 0.232. The molecule has 21 heavy (non-hydrogen) atoms. The average Bonchev–Trinajstić information content (AvgIpc) is 2.50. The molecular formula is C15H17NO4S. The van der Waals surface area contributed by atoms with Crippen molar-refractivity contribution in [2.24, 2.45) is 0 Å². The molecule has 0 aliphatic heterocycles. The molecule has 1 heterocycles. The Morgan fingerprint density at radius 2 is 1.86 bits per heavy atom. The van der Waals surface area contributed by atoms with E-state index in [-0.39, 0.29) is 11.7 Å². The Morgan fingerprint density at radius 3 is 2.48 bits per heavy atom. The van der Waals surface area contributed by atoms with Gasteiger partial charge in [0.25, 0.3) is 0 Å². The third kappa shape index (κ3) is 3.21. The third-order valence-electron chi connectivity index (χ3n) is 2.99. The molecule has 0 saturated heterocycles. The zero-order valence-corrected chi connectivity index (χ0v) is 13.2. The largest absolute Gasteiger partial charge is 0.496 e. The molecule has 5 nitrogen and oxygen atoms in total. The number of esters is 1. The maximum Gasteiger partial charge on any atom is 0.315 e. The predicted molar refractivity (Wildman–Crippen MR) is 82.3 cm³/mol. The summed E-state index contributed by atoms with van der Waals surface area (Å²) in [5.74, 6) is 1.33. The Morgan fingerprint density at radius 1 is 1.19 bits per heavy atom. The molecule has 1 aromatic heterocycles. The van der Waals surface area contributed by atoms with Gasteiger partial charge in [0.1, 0.15) is 17.0 Å². The van der Waals surface area contributed by atoms with Gasteiger partial charge in [-0.2, -0.15) is 0 Å². The zero-order chi connectivity index (χ0) is 15.4. The molecule has 2 rings (SSSR count). The first kappa shape index (κ1) is 15.4. The van der Waals surface area contributed by atoms with Crippen LogP contribution in [-0.2, 0) is 9.53 Å². The second-order valence-electron chi connectivity index (χ2n) is 4.32. The molecule has 0 aliphatic carbocycles. The number of hydrogen-bond acceptors (Lipinski definition) is 6. The highest BCUT2D eigenvalue weighted by Crippen LogP contribution is 2.38. The molecule has 0 fully saturated rings. The molecule has 0 N–H and O–H groups in total. The van der Waals surface area contributed by atoms with Crippen molar-refractivity contribution in [2.75, 3.05) is 27.1 Å². The van der Waals surface area contributed by atoms with Gasteiger partial charge in [-0.3, -0.25) is 4.79 Å². The van der Waals surface area contributed by atoms with Crippen LogP contribution >= 0.6 is 11.8 Å². The van der Waals surface area contributed by atoms with Gasteiger partial charge in [0.05, 0.1) is 32.5 Å². The van der Waals surface area contributed by atoms with Gasteiger partial charge in [-0.1, -0.05) is 0 Å². The predicted octanol–water partition coefficient (Wildman–Crippen LogP) is 2.83. The van der Waals surface area contributed by atoms with Crippen LogP contribution in [0.1, 0.15) is 5.69 Å². The maximum atomic E-state index is 11.4. The third-order valence-corrected chi connectivity index (χ3v) is 4.00. The first-order valence-corrected chi connectivity index (χ1v) is 7.31. The quantitative estimate of drug-likeness (QED) is 0.625. The summed E-state index contributed by atoms with van der Waals surface area (Å²) in [6, 6.07) is 5.58. The van der Waals surface area contributed by atoms with Crippen LogP contribution in [0.2, 0.25) is 0 Å². The Kier molecular flexibility index (Phi) is 4.90. The van der Waals surface area contributed by atoms with Crippen LogP contribution in [0.15, 0.2) is 23.1 Å². The van der Waals surface area contributed by atoms with E-state index in [2.05, 4.69) is 9.72 Å². The normalized spacial score (nSPS) is 10.5. The highest BCUT2D eigenvalue weighted by atomic mass is 32.2. The van der Waals surface area contributed by atoms with Gasteiger partial charge in [-0.15, -0.1) is 11.8 Å². The second kappa shape index (κ2) is 6.67. The molecule has 0 unspecified atom stereocenters. The molecule has 6 heteroatoms. The molecule has 112 valence electrons. The summed E-state index contributed by atoms with van der Waals surface area (Å²) in [4.78, 5) is 16.8. The molecule has 0 radical (unpaired) electrons. The van der Waals surface area contributed by atoms with E-state index < -0.39 is 0 Å². The smallest absolute Gasteiger partial charge is 0.315 e. The van der Waals surface area contributed by atoms with Gasteiger partial charge in [-0.25, -0.2) is 4.98 Å². The summed E-state index contributed by atoms with van der Waals surface area (Å²) in [7, 11) is 4.59. The fourth-order valence-electron chi connectivity index (χ4n) is 2.02. The highest BCUT2D eigenvalue weighted by Gasteiger charge is 2.15. The van der Waals surface area contributed by atoms with E-state index in [9.17, 15) is 4.79 Å². The fourth-order valence-corrected chi connectivity index (χ4v) is 3.00. The van der Waals surface area contributed by atoms with Crippen LogP contribution in [0.25, 0.3) is 10.9 Å². The van der Waals surface area contributed by atoms with Crippen LogP contribution in [-0.4, -0.2) is 38.0 Å². The minimum Gasteiger partial charge on any atom is -0.496 e. The first-order valence-electron chi connectivity index (χ1n) is 6.32. The molecule has 0 bridgehead atoms. The van der Waals surface area contributed by atoms with E-state index in [1.54, 1.807) is 14.2 Å². The second-order valence-corrected chi connectivity index (χ2v) is 5.34. The number of thioether (sulfide) groups is 1. The number of methoxy groups -OCH3 is 3. The summed E-state index contributed by atoms with van der Waals surface area (Å²) in [6.45, 7) is 1.90. The van der Waals surface area contributed by atoms with Crippen LogP contribution < -0.4 is 9.47 Å². The zero-order valence-electron chi connectivity index (χ0n) is 12.4. The van der Waals surface area contributed by atoms with Crippen molar-refractivity contribution >= 4 is 28.6 Å². The van der Waals surface area contributed by atoms with Crippen molar-refractivity contribution in [3.8, 4) is 11.5 Å². The maximum absolute atomic E-state index is 11.4. The van der Waals surface area contributed by atoms with Crippen molar-refractivity contribution < 1.29 is 19.0 Å². The minimum atomic E-state index is -0.274. The average molecular weight is 307 g/mol.